The summed E-state index contributed by atoms with van der Waals surface area (Å²) >= 11 is 1.47. The highest BCUT2D eigenvalue weighted by Gasteiger charge is 2.15. The van der Waals surface area contributed by atoms with Crippen molar-refractivity contribution in [1.82, 2.24) is 0 Å². The summed E-state index contributed by atoms with van der Waals surface area (Å²) in [5.41, 5.74) is 3.93. The van der Waals surface area contributed by atoms with E-state index in [-0.39, 0.29) is 17.1 Å². The van der Waals surface area contributed by atoms with Crippen LogP contribution in [0.3, 0.4) is 0 Å². The molecule has 2 amide bonds. The van der Waals surface area contributed by atoms with Gasteiger partial charge in [-0.05, 0) is 68.7 Å². The topological polar surface area (TPSA) is 58.2 Å². The predicted molar refractivity (Wildman–Crippen MR) is 114 cm³/mol. The average molecular weight is 385 g/mol. The van der Waals surface area contributed by atoms with E-state index in [4.69, 9.17) is 0 Å². The van der Waals surface area contributed by atoms with Crippen molar-refractivity contribution >= 4 is 35.0 Å². The summed E-state index contributed by atoms with van der Waals surface area (Å²) in [6, 6.07) is 13.5. The molecule has 0 spiro atoms. The highest BCUT2D eigenvalue weighted by atomic mass is 32.2. The van der Waals surface area contributed by atoms with Gasteiger partial charge in [-0.1, -0.05) is 25.5 Å². The van der Waals surface area contributed by atoms with Crippen molar-refractivity contribution < 1.29 is 9.59 Å². The smallest absolute Gasteiger partial charge is 0.237 e. The molecule has 0 aliphatic heterocycles. The number of carbonyl (C=O) groups is 2. The molecule has 0 saturated carbocycles. The standard InChI is InChI=1S/C22H28N2O2S/c1-5-6-10-21(25)23-18-8-7-9-20(14-18)27-17(4)22(26)24-19-12-11-15(2)16(3)13-19/h7-9,11-14,17H,5-6,10H2,1-4H3,(H,23,25)(H,24,26). The second-order valence-corrected chi connectivity index (χ2v) is 8.14. The van der Waals surface area contributed by atoms with Gasteiger partial charge in [-0.2, -0.15) is 0 Å². The minimum Gasteiger partial charge on any atom is -0.326 e. The van der Waals surface area contributed by atoms with Crippen LogP contribution in [0, 0.1) is 13.8 Å². The van der Waals surface area contributed by atoms with Gasteiger partial charge in [0.05, 0.1) is 5.25 Å². The van der Waals surface area contributed by atoms with E-state index in [1.165, 1.54) is 17.3 Å². The van der Waals surface area contributed by atoms with Crippen LogP contribution in [0.5, 0.6) is 0 Å². The van der Waals surface area contributed by atoms with Crippen molar-refractivity contribution in [3.05, 3.63) is 53.6 Å². The van der Waals surface area contributed by atoms with Gasteiger partial charge < -0.3 is 10.6 Å². The number of thioether (sulfide) groups is 1. The van der Waals surface area contributed by atoms with Crippen molar-refractivity contribution in [2.24, 2.45) is 0 Å². The van der Waals surface area contributed by atoms with E-state index < -0.39 is 0 Å². The molecule has 0 saturated heterocycles. The van der Waals surface area contributed by atoms with Crippen molar-refractivity contribution in [3.8, 4) is 0 Å². The summed E-state index contributed by atoms with van der Waals surface area (Å²) in [6.07, 6.45) is 2.41. The predicted octanol–water partition coefficient (Wildman–Crippen LogP) is 5.55. The molecule has 2 rings (SSSR count). The number of aryl methyl sites for hydroxylation is 2. The molecule has 1 atom stereocenters. The van der Waals surface area contributed by atoms with Gasteiger partial charge in [0.15, 0.2) is 0 Å². The highest BCUT2D eigenvalue weighted by Crippen LogP contribution is 2.27. The number of nitrogens with one attached hydrogen (secondary N) is 2. The second kappa shape index (κ2) is 10.2. The number of benzene rings is 2. The van der Waals surface area contributed by atoms with Crippen LogP contribution in [-0.2, 0) is 9.59 Å². The maximum atomic E-state index is 12.5. The van der Waals surface area contributed by atoms with E-state index in [0.29, 0.717) is 6.42 Å². The number of unbranched alkanes of at least 4 members (excludes halogenated alkanes) is 1. The molecule has 27 heavy (non-hydrogen) atoms. The van der Waals surface area contributed by atoms with E-state index >= 15 is 0 Å². The van der Waals surface area contributed by atoms with Crippen LogP contribution in [0.15, 0.2) is 47.4 Å². The summed E-state index contributed by atoms with van der Waals surface area (Å²) in [7, 11) is 0. The molecule has 2 N–H and O–H groups in total. The van der Waals surface area contributed by atoms with E-state index in [1.54, 1.807) is 0 Å². The molecule has 1 unspecified atom stereocenters. The Hall–Kier alpha value is -2.27. The van der Waals surface area contributed by atoms with Gasteiger partial charge in [0.2, 0.25) is 11.8 Å². The van der Waals surface area contributed by atoms with Crippen molar-refractivity contribution in [2.45, 2.75) is 57.1 Å². The van der Waals surface area contributed by atoms with Gasteiger partial charge in [0, 0.05) is 22.7 Å². The summed E-state index contributed by atoms with van der Waals surface area (Å²) < 4.78 is 0. The number of amides is 2. The van der Waals surface area contributed by atoms with Crippen LogP contribution in [-0.4, -0.2) is 17.1 Å². The summed E-state index contributed by atoms with van der Waals surface area (Å²) in [4.78, 5) is 25.3. The molecule has 0 aromatic heterocycles. The summed E-state index contributed by atoms with van der Waals surface area (Å²) in [5, 5.41) is 5.64. The lowest BCUT2D eigenvalue weighted by Crippen LogP contribution is -2.22. The molecule has 2 aromatic carbocycles. The molecule has 0 heterocycles. The minimum atomic E-state index is -0.252. The molecule has 5 heteroatoms. The third-order valence-corrected chi connectivity index (χ3v) is 5.43. The zero-order valence-electron chi connectivity index (χ0n) is 16.5. The lowest BCUT2D eigenvalue weighted by Gasteiger charge is -2.14. The molecule has 0 fully saturated rings. The maximum absolute atomic E-state index is 12.5. The van der Waals surface area contributed by atoms with E-state index in [2.05, 4.69) is 17.6 Å². The minimum absolute atomic E-state index is 0.0273. The molecular weight excluding hydrogens is 356 g/mol. The Morgan fingerprint density at radius 3 is 2.44 bits per heavy atom. The maximum Gasteiger partial charge on any atom is 0.237 e. The Bertz CT molecular complexity index is 805. The van der Waals surface area contributed by atoms with Crippen molar-refractivity contribution in [3.63, 3.8) is 0 Å². The van der Waals surface area contributed by atoms with Gasteiger partial charge in [-0.25, -0.2) is 0 Å². The molecule has 0 bridgehead atoms. The van der Waals surface area contributed by atoms with Crippen LogP contribution in [0.1, 0.15) is 44.2 Å². The molecule has 0 aliphatic carbocycles. The van der Waals surface area contributed by atoms with Crippen LogP contribution in [0.25, 0.3) is 0 Å². The highest BCUT2D eigenvalue weighted by molar-refractivity contribution is 8.00. The molecule has 0 aliphatic rings. The van der Waals surface area contributed by atoms with Gasteiger partial charge in [-0.15, -0.1) is 11.8 Å². The number of carbonyl (C=O) groups excluding carboxylic acids is 2. The van der Waals surface area contributed by atoms with Crippen LogP contribution in [0.2, 0.25) is 0 Å². The Labute approximate surface area is 166 Å². The lowest BCUT2D eigenvalue weighted by atomic mass is 10.1. The SMILES string of the molecule is CCCCC(=O)Nc1cccc(SC(C)C(=O)Nc2ccc(C)c(C)c2)c1. The van der Waals surface area contributed by atoms with Gasteiger partial charge in [0.25, 0.3) is 0 Å². The zero-order chi connectivity index (χ0) is 19.8. The Kier molecular flexibility index (Phi) is 7.92. The Morgan fingerprint density at radius 2 is 1.74 bits per heavy atom. The fourth-order valence-electron chi connectivity index (χ4n) is 2.53. The Morgan fingerprint density at radius 1 is 1.00 bits per heavy atom. The summed E-state index contributed by atoms with van der Waals surface area (Å²) in [5.74, 6) is -0.0137. The van der Waals surface area contributed by atoms with Crippen LogP contribution >= 0.6 is 11.8 Å². The fourth-order valence-corrected chi connectivity index (χ4v) is 3.46. The van der Waals surface area contributed by atoms with Gasteiger partial charge >= 0.3 is 0 Å². The van der Waals surface area contributed by atoms with Crippen LogP contribution in [0.4, 0.5) is 11.4 Å². The van der Waals surface area contributed by atoms with E-state index in [0.717, 1.165) is 34.7 Å². The zero-order valence-corrected chi connectivity index (χ0v) is 17.3. The molecule has 0 radical (unpaired) electrons. The van der Waals surface area contributed by atoms with E-state index in [1.807, 2.05) is 63.2 Å². The van der Waals surface area contributed by atoms with Crippen molar-refractivity contribution in [2.75, 3.05) is 10.6 Å². The first kappa shape index (κ1) is 21.0. The Balaban J connectivity index is 1.95. The quantitative estimate of drug-likeness (QED) is 0.587. The molecular formula is C22H28N2O2S. The first-order valence-electron chi connectivity index (χ1n) is 9.33. The number of hydrogen-bond acceptors (Lipinski definition) is 3. The third kappa shape index (κ3) is 6.75. The molecule has 2 aromatic rings. The second-order valence-electron chi connectivity index (χ2n) is 6.73. The molecule has 4 nitrogen and oxygen atoms in total. The number of rotatable bonds is 8. The first-order valence-corrected chi connectivity index (χ1v) is 10.2. The largest absolute Gasteiger partial charge is 0.326 e. The normalized spacial score (nSPS) is 11.7. The van der Waals surface area contributed by atoms with Gasteiger partial charge in [0.1, 0.15) is 0 Å². The average Bonchev–Trinajstić information content (AvgIpc) is 2.63. The third-order valence-electron chi connectivity index (χ3n) is 4.33. The first-order chi connectivity index (χ1) is 12.9. The number of anilines is 2. The number of hydrogen-bond donors (Lipinski definition) is 2. The molecule has 144 valence electrons. The van der Waals surface area contributed by atoms with Crippen LogP contribution < -0.4 is 10.6 Å². The van der Waals surface area contributed by atoms with Gasteiger partial charge in [-0.3, -0.25) is 9.59 Å². The lowest BCUT2D eigenvalue weighted by molar-refractivity contribution is -0.116. The fraction of sp³-hybridized carbons (Fsp3) is 0.364. The van der Waals surface area contributed by atoms with Crippen molar-refractivity contribution in [1.29, 1.82) is 0 Å². The van der Waals surface area contributed by atoms with E-state index in [9.17, 15) is 9.59 Å². The summed E-state index contributed by atoms with van der Waals surface area (Å²) in [6.45, 7) is 8.03. The monoisotopic (exact) mass is 384 g/mol.